The van der Waals surface area contributed by atoms with Crippen molar-refractivity contribution in [2.24, 2.45) is 17.2 Å². The van der Waals surface area contributed by atoms with Crippen molar-refractivity contribution in [2.45, 2.75) is 167 Å². The van der Waals surface area contributed by atoms with E-state index in [-0.39, 0.29) is 55.2 Å². The van der Waals surface area contributed by atoms with Crippen molar-refractivity contribution in [3.05, 3.63) is 215 Å². The van der Waals surface area contributed by atoms with Crippen LogP contribution in [0.5, 0.6) is 5.06 Å². The van der Waals surface area contributed by atoms with Crippen LogP contribution in [0.25, 0.3) is 0 Å². The average molecular weight is 1720 g/mol. The van der Waals surface area contributed by atoms with Crippen LogP contribution in [-0.2, 0) is 38.8 Å². The van der Waals surface area contributed by atoms with Gasteiger partial charge in [-0.05, 0) is 223 Å². The van der Waals surface area contributed by atoms with E-state index < -0.39 is 23.9 Å². The molecule has 21 nitrogen and oxygen atoms in total. The molecule has 15 N–H and O–H groups in total. The number of carbonyl (C=O) groups excluding carboxylic acids is 4. The van der Waals surface area contributed by atoms with Gasteiger partial charge in [-0.15, -0.1) is 68.0 Å². The summed E-state index contributed by atoms with van der Waals surface area (Å²) in [5, 5.41) is 85.3. The zero-order valence-electron chi connectivity index (χ0n) is 64.0. The van der Waals surface area contributed by atoms with Gasteiger partial charge < -0.3 is 68.5 Å². The Morgan fingerprint density at radius 2 is 0.699 bits per heavy atom. The van der Waals surface area contributed by atoms with Crippen molar-refractivity contribution in [1.82, 2.24) is 0 Å². The zero-order valence-corrected chi connectivity index (χ0v) is 71.3. The van der Waals surface area contributed by atoms with Crippen LogP contribution in [0.4, 0.5) is 17.1 Å². The molecule has 0 amide bonds. The molecule has 0 bridgehead atoms. The maximum absolute atomic E-state index is 11.6. The highest BCUT2D eigenvalue weighted by Gasteiger charge is 2.11. The highest BCUT2D eigenvalue weighted by atomic mass is 32.1. The molecule has 113 heavy (non-hydrogen) atoms. The number of carbonyl (C=O) groups is 8. The third kappa shape index (κ3) is 56.1. The number of nitrogens with one attached hydrogen (secondary N) is 3. The number of anilines is 3. The number of aliphatic carboxylic acids is 4. The molecule has 10 aromatic rings. The molecule has 0 radical (unpaired) electrons. The summed E-state index contributed by atoms with van der Waals surface area (Å²) in [6.07, 6.45) is 16.6. The fourth-order valence-corrected chi connectivity index (χ4v) is 15.1. The molecule has 0 spiro atoms. The number of aliphatic hydroxyl groups is 2. The summed E-state index contributed by atoms with van der Waals surface area (Å²) in [5.74, 6) is -3.05. The molecule has 30 heteroatoms. The topological polar surface area (TPSA) is 381 Å². The first-order chi connectivity index (χ1) is 54.9. The first-order valence-electron chi connectivity index (χ1n) is 37.4. The maximum Gasteiger partial charge on any atom is 0.303 e. The normalized spacial score (nSPS) is 9.99. The first-order valence-corrected chi connectivity index (χ1v) is 45.5. The number of ether oxygens (including phenoxy) is 1. The molecule has 9 heterocycles. The van der Waals surface area contributed by atoms with Crippen molar-refractivity contribution >= 4 is 166 Å². The van der Waals surface area contributed by atoms with Crippen molar-refractivity contribution in [3.63, 3.8) is 0 Å². The van der Waals surface area contributed by atoms with Gasteiger partial charge >= 0.3 is 23.9 Å². The summed E-state index contributed by atoms with van der Waals surface area (Å²) in [6, 6.07) is 36.9. The summed E-state index contributed by atoms with van der Waals surface area (Å²) in [6.45, 7) is 6.30. The van der Waals surface area contributed by atoms with E-state index in [4.69, 9.17) is 52.6 Å². The summed E-state index contributed by atoms with van der Waals surface area (Å²) in [4.78, 5) is 90.6. The minimum absolute atomic E-state index is 0.0382. The number of carboxylic acids is 4. The molecule has 0 aliphatic rings. The average Bonchev–Trinajstić information content (AvgIpc) is 1.88. The van der Waals surface area contributed by atoms with Crippen LogP contribution < -0.4 is 37.9 Å². The number of hydrogen-bond acceptors (Lipinski definition) is 26. The molecule has 1 aromatic carbocycles. The number of benzene rings is 1. The third-order valence-corrected chi connectivity index (χ3v) is 22.6. The smallest absolute Gasteiger partial charge is 0.303 e. The number of carboxylic acid groups (broad SMARTS) is 4. The minimum atomic E-state index is -0.931. The number of aliphatic hydroxyl groups excluding tert-OH is 2. The zero-order chi connectivity index (χ0) is 82.4. The van der Waals surface area contributed by atoms with Crippen molar-refractivity contribution in [1.29, 1.82) is 0 Å². The van der Waals surface area contributed by atoms with Crippen LogP contribution >= 0.6 is 102 Å². The number of hydrogen-bond donors (Lipinski definition) is 12. The molecule has 618 valence electrons. The van der Waals surface area contributed by atoms with Crippen molar-refractivity contribution < 1.29 is 73.7 Å². The van der Waals surface area contributed by atoms with E-state index in [1.165, 1.54) is 80.1 Å². The number of ketones is 4. The second kappa shape index (κ2) is 69.6. The predicted molar refractivity (Wildman–Crippen MR) is 473 cm³/mol. The number of Topliss-reactive ketones (excluding diaryl/α,β-unsaturated/α-hetero) is 4. The van der Waals surface area contributed by atoms with Gasteiger partial charge in [0.05, 0.1) is 25.9 Å². The van der Waals surface area contributed by atoms with Crippen LogP contribution in [0.2, 0.25) is 0 Å². The van der Waals surface area contributed by atoms with E-state index in [9.17, 15) is 38.4 Å². The summed E-state index contributed by atoms with van der Waals surface area (Å²) in [5.41, 5.74) is 22.3. The summed E-state index contributed by atoms with van der Waals surface area (Å²) >= 11 is 14.2. The van der Waals surface area contributed by atoms with E-state index in [1.54, 1.807) is 75.0 Å². The monoisotopic (exact) mass is 1720 g/mol. The van der Waals surface area contributed by atoms with Gasteiger partial charge in [0, 0.05) is 122 Å². The fourth-order valence-electron chi connectivity index (χ4n) is 9.18. The number of thiophene rings is 9. The third-order valence-electron chi connectivity index (χ3n) is 15.1. The molecular weight excluding hydrogens is 1610 g/mol. The molecule has 0 saturated heterocycles. The van der Waals surface area contributed by atoms with Gasteiger partial charge in [0.2, 0.25) is 0 Å². The lowest BCUT2D eigenvalue weighted by molar-refractivity contribution is -0.138. The Labute approximate surface area is 701 Å². The van der Waals surface area contributed by atoms with Crippen LogP contribution in [0.15, 0.2) is 180 Å². The van der Waals surface area contributed by atoms with E-state index in [0.717, 1.165) is 123 Å². The van der Waals surface area contributed by atoms with Gasteiger partial charge in [0.15, 0.2) is 28.2 Å². The lowest BCUT2D eigenvalue weighted by atomic mass is 10.1. The highest BCUT2D eigenvalue weighted by Crippen LogP contribution is 2.22. The van der Waals surface area contributed by atoms with Crippen molar-refractivity contribution in [3.8, 4) is 5.06 Å². The Morgan fingerprint density at radius 3 is 1.10 bits per heavy atom. The Kier molecular flexibility index (Phi) is 62.3. The SMILES string of the molecule is NCCCCc1cccs1.NCCCNc1ccsc1.NCc1ccccc1COc1cccs1.O=C(O)CCC(=O)c1cccs1.O=C(O)CCCC(=O)c1cccs1.O=C(O)CCCCC(=O)c1cccs1.O=C(O)CCCCCCC(=O)c1cccs1.OCCCCCNc1ccsc1.OCCCCNc1ccsc1. The molecule has 0 unspecified atom stereocenters. The van der Waals surface area contributed by atoms with E-state index >= 15 is 0 Å². The molecule has 9 aromatic heterocycles. The first kappa shape index (κ1) is 101. The second-order valence-electron chi connectivity index (χ2n) is 24.3. The minimum Gasteiger partial charge on any atom is -0.481 e. The van der Waals surface area contributed by atoms with Crippen LogP contribution in [-0.4, -0.2) is 124 Å². The Balaban J connectivity index is 0.000000433. The quantitative estimate of drug-likeness (QED) is 0.0125. The molecule has 0 aliphatic heterocycles. The maximum atomic E-state index is 11.6. The Bertz CT molecular complexity index is 3840. The molecule has 0 aliphatic carbocycles. The summed E-state index contributed by atoms with van der Waals surface area (Å²) < 4.78 is 5.64. The standard InChI is InChI=1S/C12H13NOS.C12H16O3S.C10H12O3S.C9H15NOS.C9H10O3S.C8H13NOS.C8H13NS.C8H8O3S.C7H12N2S/c13-8-10-4-1-2-5-11(10)9-14-12-6-3-7-15-12;13-10(11-7-5-9-16-11)6-3-1-2-4-8-12(14)15;11-8(9-5-3-7-14-9)4-1-2-6-10(12)13;11-6-3-1-2-5-10-9-4-7-12-8-9;10-7(3-1-5-9(11)12)8-4-2-6-13-8;10-5-2-1-4-9-8-3-6-11-7-8;9-6-2-1-4-8-5-3-7-10-8;9-6(3-4-8(10)11)7-2-1-5-12-7;8-3-1-4-9-7-2-5-10-6-7/h1-7H,8-9,13H2;5,7,9H,1-4,6,8H2,(H,14,15);3,5,7H,1-2,4,6H2,(H,12,13);4,7-8,10-11H,1-3,5-6H2;2,4,6H,1,3,5H2,(H,11,12);3,6-7,9-10H,1-2,4-5H2;3,5,7H,1-2,4,6,9H2;1-2,5H,3-4H2,(H,10,11);2,5-6,9H,1,3-4,8H2. The lowest BCUT2D eigenvalue weighted by Crippen LogP contribution is -2.07. The van der Waals surface area contributed by atoms with Crippen LogP contribution in [0.1, 0.15) is 202 Å². The highest BCUT2D eigenvalue weighted by molar-refractivity contribution is 7.13. The van der Waals surface area contributed by atoms with E-state index in [2.05, 4.69) is 84.6 Å². The molecule has 0 fully saturated rings. The van der Waals surface area contributed by atoms with Gasteiger partial charge in [-0.25, -0.2) is 0 Å². The van der Waals surface area contributed by atoms with Gasteiger partial charge in [-0.2, -0.15) is 34.0 Å². The van der Waals surface area contributed by atoms with Crippen LogP contribution in [0, 0.1) is 0 Å². The van der Waals surface area contributed by atoms with Crippen LogP contribution in [0.3, 0.4) is 0 Å². The predicted octanol–water partition coefficient (Wildman–Crippen LogP) is 20.5. The fraction of sp³-hybridized carbons (Fsp3) is 0.398. The Hall–Kier alpha value is -7.92. The summed E-state index contributed by atoms with van der Waals surface area (Å²) in [7, 11) is 0. The number of nitrogens with two attached hydrogens (primary N) is 3. The molecule has 0 saturated carbocycles. The molecule has 10 rings (SSSR count). The molecule has 0 atom stereocenters. The van der Waals surface area contributed by atoms with E-state index in [0.29, 0.717) is 81.1 Å². The largest absolute Gasteiger partial charge is 0.481 e. The van der Waals surface area contributed by atoms with Crippen molar-refractivity contribution in [2.75, 3.05) is 61.9 Å². The number of rotatable bonds is 46. The van der Waals surface area contributed by atoms with Gasteiger partial charge in [-0.3, -0.25) is 38.4 Å². The van der Waals surface area contributed by atoms with Gasteiger partial charge in [0.25, 0.3) is 0 Å². The van der Waals surface area contributed by atoms with Gasteiger partial charge in [0.1, 0.15) is 6.61 Å². The number of unbranched alkanes of at least 4 members (excludes halogenated alkanes) is 8. The lowest BCUT2D eigenvalue weighted by Gasteiger charge is -2.07. The second-order valence-corrected chi connectivity index (χ2v) is 32.4. The number of aryl methyl sites for hydroxylation is 1. The van der Waals surface area contributed by atoms with E-state index in [1.807, 2.05) is 92.8 Å². The molecular formula is C83H112N6O15S9. The van der Waals surface area contributed by atoms with Gasteiger partial charge in [-0.1, -0.05) is 67.4 Å². The Morgan fingerprint density at radius 1 is 0.327 bits per heavy atom.